The third-order valence-electron chi connectivity index (χ3n) is 6.58. The summed E-state index contributed by atoms with van der Waals surface area (Å²) in [5, 5.41) is 11.9. The number of amides is 2. The van der Waals surface area contributed by atoms with E-state index in [1.165, 1.54) is 25.2 Å². The Morgan fingerprint density at radius 3 is 2.56 bits per heavy atom. The summed E-state index contributed by atoms with van der Waals surface area (Å²) in [7, 11) is 1.45. The van der Waals surface area contributed by atoms with Gasteiger partial charge in [0.25, 0.3) is 11.5 Å². The monoisotopic (exact) mass is 462 g/mol. The molecule has 2 amide bonds. The van der Waals surface area contributed by atoms with Crippen molar-refractivity contribution in [3.63, 3.8) is 0 Å². The standard InChI is InChI=1S/C26H27FN4O3/c1-16-19(9-18-5-7-31(8-6-18)25(33)10-17-3-4-17)11-21(27)14-23(16)29-26(34)20-12-22(15-28)30(2)24(32)13-20/h9,11-14,17H,3-8,10H2,1-2H3,(H,29,34). The molecule has 1 aromatic heterocycles. The highest BCUT2D eigenvalue weighted by Crippen LogP contribution is 2.33. The lowest BCUT2D eigenvalue weighted by molar-refractivity contribution is -0.132. The van der Waals surface area contributed by atoms with Gasteiger partial charge in [-0.05, 0) is 67.9 Å². The van der Waals surface area contributed by atoms with Crippen molar-refractivity contribution in [1.29, 1.82) is 5.26 Å². The van der Waals surface area contributed by atoms with Crippen LogP contribution in [-0.2, 0) is 11.8 Å². The predicted octanol–water partition coefficient (Wildman–Crippen LogP) is 3.76. The Morgan fingerprint density at radius 2 is 1.91 bits per heavy atom. The number of carbonyl (C=O) groups excluding carboxylic acids is 2. The normalized spacial score (nSPS) is 15.6. The number of nitrogens with one attached hydrogen (secondary N) is 1. The number of carbonyl (C=O) groups is 2. The van der Waals surface area contributed by atoms with E-state index < -0.39 is 17.3 Å². The third kappa shape index (κ3) is 5.25. The van der Waals surface area contributed by atoms with E-state index in [-0.39, 0.29) is 17.2 Å². The number of piperidine rings is 1. The molecule has 34 heavy (non-hydrogen) atoms. The number of rotatable bonds is 5. The second kappa shape index (κ2) is 9.64. The Kier molecular flexibility index (Phi) is 6.64. The molecule has 0 bridgehead atoms. The van der Waals surface area contributed by atoms with Gasteiger partial charge in [-0.3, -0.25) is 14.4 Å². The largest absolute Gasteiger partial charge is 0.342 e. The first-order valence-corrected chi connectivity index (χ1v) is 11.4. The van der Waals surface area contributed by atoms with Gasteiger partial charge in [0.1, 0.15) is 17.6 Å². The number of nitrogens with zero attached hydrogens (tertiary/aromatic N) is 3. The molecule has 1 N–H and O–H groups in total. The van der Waals surface area contributed by atoms with Crippen LogP contribution in [0.1, 0.15) is 59.3 Å². The van der Waals surface area contributed by atoms with E-state index in [1.54, 1.807) is 6.92 Å². The van der Waals surface area contributed by atoms with Crippen LogP contribution < -0.4 is 10.9 Å². The summed E-state index contributed by atoms with van der Waals surface area (Å²) in [6.07, 6.45) is 6.36. The zero-order valence-electron chi connectivity index (χ0n) is 19.4. The predicted molar refractivity (Wildman–Crippen MR) is 127 cm³/mol. The van der Waals surface area contributed by atoms with E-state index in [4.69, 9.17) is 0 Å². The van der Waals surface area contributed by atoms with Gasteiger partial charge in [0, 0.05) is 43.9 Å². The number of hydrogen-bond donors (Lipinski definition) is 1. The molecule has 1 aromatic carbocycles. The number of likely N-dealkylation sites (tertiary alicyclic amines) is 1. The SMILES string of the molecule is Cc1c(C=C2CCN(C(=O)CC3CC3)CC2)cc(F)cc1NC(=O)c1cc(C#N)n(C)c(=O)c1. The van der Waals surface area contributed by atoms with E-state index in [2.05, 4.69) is 5.32 Å². The van der Waals surface area contributed by atoms with E-state index in [9.17, 15) is 24.0 Å². The minimum atomic E-state index is -0.594. The van der Waals surface area contributed by atoms with Crippen molar-refractivity contribution in [2.45, 2.75) is 39.0 Å². The smallest absolute Gasteiger partial charge is 0.255 e. The van der Waals surface area contributed by atoms with Crippen LogP contribution in [0.25, 0.3) is 6.08 Å². The Bertz CT molecular complexity index is 1270. The Balaban J connectivity index is 1.50. The van der Waals surface area contributed by atoms with Crippen LogP contribution in [-0.4, -0.2) is 34.4 Å². The molecule has 4 rings (SSSR count). The van der Waals surface area contributed by atoms with Gasteiger partial charge < -0.3 is 14.8 Å². The van der Waals surface area contributed by atoms with Crippen molar-refractivity contribution < 1.29 is 14.0 Å². The number of pyridine rings is 1. The van der Waals surface area contributed by atoms with Crippen LogP contribution in [0.2, 0.25) is 0 Å². The highest BCUT2D eigenvalue weighted by molar-refractivity contribution is 6.05. The minimum Gasteiger partial charge on any atom is -0.342 e. The summed E-state index contributed by atoms with van der Waals surface area (Å²) in [4.78, 5) is 39.0. The maximum absolute atomic E-state index is 14.4. The molecule has 1 saturated heterocycles. The Morgan fingerprint density at radius 1 is 1.21 bits per heavy atom. The number of benzene rings is 1. The van der Waals surface area contributed by atoms with E-state index >= 15 is 0 Å². The van der Waals surface area contributed by atoms with Gasteiger partial charge in [0.05, 0.1) is 0 Å². The average Bonchev–Trinajstić information content (AvgIpc) is 3.63. The summed E-state index contributed by atoms with van der Waals surface area (Å²) in [5.74, 6) is -0.294. The van der Waals surface area contributed by atoms with Gasteiger partial charge in [-0.15, -0.1) is 0 Å². The van der Waals surface area contributed by atoms with Crippen molar-refractivity contribution >= 4 is 23.6 Å². The van der Waals surface area contributed by atoms with E-state index in [0.29, 0.717) is 42.2 Å². The van der Waals surface area contributed by atoms with Gasteiger partial charge in [-0.1, -0.05) is 11.6 Å². The topological polar surface area (TPSA) is 95.2 Å². The Hall–Kier alpha value is -3.73. The molecule has 1 aliphatic heterocycles. The van der Waals surface area contributed by atoms with Gasteiger partial charge in [-0.25, -0.2) is 4.39 Å². The van der Waals surface area contributed by atoms with Crippen LogP contribution >= 0.6 is 0 Å². The first-order valence-electron chi connectivity index (χ1n) is 11.4. The molecule has 0 unspecified atom stereocenters. The fourth-order valence-electron chi connectivity index (χ4n) is 4.15. The van der Waals surface area contributed by atoms with Crippen molar-refractivity contribution in [1.82, 2.24) is 9.47 Å². The van der Waals surface area contributed by atoms with Crippen LogP contribution in [0.5, 0.6) is 0 Å². The Labute approximate surface area is 197 Å². The summed E-state index contributed by atoms with van der Waals surface area (Å²) in [6, 6.07) is 7.02. The van der Waals surface area contributed by atoms with Crippen LogP contribution in [0.3, 0.4) is 0 Å². The number of nitriles is 1. The van der Waals surface area contributed by atoms with Gasteiger partial charge in [0.15, 0.2) is 0 Å². The lowest BCUT2D eigenvalue weighted by atomic mass is 9.97. The second-order valence-corrected chi connectivity index (χ2v) is 9.09. The number of hydrogen-bond acceptors (Lipinski definition) is 4. The van der Waals surface area contributed by atoms with E-state index in [1.807, 2.05) is 17.0 Å². The average molecular weight is 463 g/mol. The summed E-state index contributed by atoms with van der Waals surface area (Å²) in [6.45, 7) is 3.12. The summed E-state index contributed by atoms with van der Waals surface area (Å²) in [5.41, 5.74) is 2.39. The van der Waals surface area contributed by atoms with E-state index in [0.717, 1.165) is 41.9 Å². The molecule has 0 spiro atoms. The lowest BCUT2D eigenvalue weighted by Gasteiger charge is -2.29. The summed E-state index contributed by atoms with van der Waals surface area (Å²) >= 11 is 0. The molecule has 2 aliphatic rings. The van der Waals surface area contributed by atoms with Crippen molar-refractivity contribution in [3.05, 3.63) is 68.4 Å². The van der Waals surface area contributed by atoms with Crippen LogP contribution in [0.15, 0.2) is 34.6 Å². The van der Waals surface area contributed by atoms with Crippen molar-refractivity contribution in [2.24, 2.45) is 13.0 Å². The minimum absolute atomic E-state index is 0.0338. The van der Waals surface area contributed by atoms with Crippen LogP contribution in [0, 0.1) is 30.0 Å². The van der Waals surface area contributed by atoms with Crippen molar-refractivity contribution in [2.75, 3.05) is 18.4 Å². The molecule has 2 aromatic rings. The molecule has 176 valence electrons. The molecule has 1 aliphatic carbocycles. The highest BCUT2D eigenvalue weighted by Gasteiger charge is 2.28. The van der Waals surface area contributed by atoms with Gasteiger partial charge in [-0.2, -0.15) is 5.26 Å². The van der Waals surface area contributed by atoms with Crippen molar-refractivity contribution in [3.8, 4) is 6.07 Å². The first kappa shape index (κ1) is 23.4. The second-order valence-electron chi connectivity index (χ2n) is 9.09. The zero-order chi connectivity index (χ0) is 24.4. The maximum atomic E-state index is 14.4. The first-order chi connectivity index (χ1) is 16.2. The summed E-state index contributed by atoms with van der Waals surface area (Å²) < 4.78 is 15.6. The van der Waals surface area contributed by atoms with Gasteiger partial charge in [0.2, 0.25) is 5.91 Å². The molecule has 8 heteroatoms. The zero-order valence-corrected chi connectivity index (χ0v) is 19.4. The molecule has 1 saturated carbocycles. The lowest BCUT2D eigenvalue weighted by Crippen LogP contribution is -2.36. The maximum Gasteiger partial charge on any atom is 0.255 e. The highest BCUT2D eigenvalue weighted by atomic mass is 19.1. The molecular weight excluding hydrogens is 435 g/mol. The molecular formula is C26H27FN4O3. The molecule has 2 fully saturated rings. The number of aromatic nitrogens is 1. The van der Waals surface area contributed by atoms with Gasteiger partial charge >= 0.3 is 0 Å². The number of anilines is 1. The fourth-order valence-corrected chi connectivity index (χ4v) is 4.15. The van der Waals surface area contributed by atoms with Crippen LogP contribution in [0.4, 0.5) is 10.1 Å². The quantitative estimate of drug-likeness (QED) is 0.732. The molecule has 0 atom stereocenters. The molecule has 2 heterocycles. The molecule has 7 nitrogen and oxygen atoms in total. The third-order valence-corrected chi connectivity index (χ3v) is 6.58. The number of halogens is 1. The molecule has 0 radical (unpaired) electrons. The fraction of sp³-hybridized carbons (Fsp3) is 0.385.